The maximum Gasteiger partial charge on any atom is 0.283 e. The van der Waals surface area contributed by atoms with E-state index in [1.165, 1.54) is 0 Å². The van der Waals surface area contributed by atoms with E-state index >= 15 is 0 Å². The molecule has 1 aliphatic heterocycles. The molecular formula is C17H16F2N2O. The van der Waals surface area contributed by atoms with Crippen molar-refractivity contribution in [3.63, 3.8) is 0 Å². The number of hydrogen-bond acceptors (Lipinski definition) is 2. The number of aromatic nitrogens is 1. The number of piperidine rings is 1. The Labute approximate surface area is 126 Å². The molecule has 1 aromatic heterocycles. The predicted molar refractivity (Wildman–Crippen MR) is 82.3 cm³/mol. The van der Waals surface area contributed by atoms with Gasteiger partial charge in [-0.2, -0.15) is 0 Å². The maximum atomic E-state index is 14.5. The summed E-state index contributed by atoms with van der Waals surface area (Å²) >= 11 is 0. The normalized spacial score (nSPS) is 24.9. The Kier molecular flexibility index (Phi) is 2.96. The van der Waals surface area contributed by atoms with E-state index in [0.717, 1.165) is 21.8 Å². The first-order chi connectivity index (χ1) is 10.6. The van der Waals surface area contributed by atoms with Crippen molar-refractivity contribution in [3.8, 4) is 0 Å². The fourth-order valence-corrected chi connectivity index (χ4v) is 3.50. The van der Waals surface area contributed by atoms with Gasteiger partial charge in [0, 0.05) is 28.4 Å². The van der Waals surface area contributed by atoms with E-state index in [2.05, 4.69) is 5.32 Å². The highest BCUT2D eigenvalue weighted by molar-refractivity contribution is 6.08. The van der Waals surface area contributed by atoms with Crippen LogP contribution < -0.4 is 5.32 Å². The van der Waals surface area contributed by atoms with Crippen molar-refractivity contribution in [2.45, 2.75) is 18.1 Å². The monoisotopic (exact) mass is 302 g/mol. The van der Waals surface area contributed by atoms with Gasteiger partial charge in [-0.15, -0.1) is 0 Å². The van der Waals surface area contributed by atoms with Gasteiger partial charge in [-0.05, 0) is 12.1 Å². The van der Waals surface area contributed by atoms with E-state index in [1.54, 1.807) is 4.57 Å². The first kappa shape index (κ1) is 13.7. The lowest BCUT2D eigenvalue weighted by Gasteiger charge is -2.37. The Morgan fingerprint density at radius 3 is 2.09 bits per heavy atom. The van der Waals surface area contributed by atoms with E-state index in [4.69, 9.17) is 0 Å². The molecule has 2 atom stereocenters. The van der Waals surface area contributed by atoms with Crippen LogP contribution >= 0.6 is 0 Å². The maximum absolute atomic E-state index is 14.5. The summed E-state index contributed by atoms with van der Waals surface area (Å²) in [5.41, 5.74) is 1.46. The first-order valence-corrected chi connectivity index (χ1v) is 7.34. The Bertz CT molecular complexity index is 790. The Morgan fingerprint density at radius 1 is 1.00 bits per heavy atom. The second-order valence-corrected chi connectivity index (χ2v) is 5.81. The molecule has 114 valence electrons. The lowest BCUT2D eigenvalue weighted by atomic mass is 9.98. The molecule has 0 spiro atoms. The highest BCUT2D eigenvalue weighted by Gasteiger charge is 2.48. The first-order valence-electron chi connectivity index (χ1n) is 7.34. The van der Waals surface area contributed by atoms with Crippen LogP contribution in [0.2, 0.25) is 0 Å². The minimum atomic E-state index is -3.01. The van der Waals surface area contributed by atoms with Crippen LogP contribution in [-0.4, -0.2) is 34.8 Å². The third kappa shape index (κ3) is 1.86. The number of rotatable bonds is 1. The molecule has 3 aromatic rings. The van der Waals surface area contributed by atoms with E-state index in [9.17, 15) is 13.9 Å². The van der Waals surface area contributed by atoms with Crippen molar-refractivity contribution in [2.75, 3.05) is 13.1 Å². The van der Waals surface area contributed by atoms with Crippen molar-refractivity contribution in [1.29, 1.82) is 0 Å². The van der Waals surface area contributed by atoms with Gasteiger partial charge in [0.05, 0.1) is 12.6 Å². The Morgan fingerprint density at radius 2 is 1.55 bits per heavy atom. The summed E-state index contributed by atoms with van der Waals surface area (Å²) in [4.78, 5) is 0. The molecule has 0 saturated carbocycles. The second kappa shape index (κ2) is 4.76. The van der Waals surface area contributed by atoms with Crippen LogP contribution in [0.3, 0.4) is 0 Å². The molecule has 0 amide bonds. The molecule has 1 saturated heterocycles. The van der Waals surface area contributed by atoms with Crippen molar-refractivity contribution in [1.82, 2.24) is 9.88 Å². The summed E-state index contributed by atoms with van der Waals surface area (Å²) < 4.78 is 30.6. The van der Waals surface area contributed by atoms with E-state index < -0.39 is 24.6 Å². The Hall–Kier alpha value is -1.98. The molecule has 5 heteroatoms. The van der Waals surface area contributed by atoms with Crippen molar-refractivity contribution in [3.05, 3.63) is 48.5 Å². The average Bonchev–Trinajstić information content (AvgIpc) is 2.82. The molecular weight excluding hydrogens is 286 g/mol. The molecule has 1 aliphatic rings. The molecule has 2 heterocycles. The molecule has 1 fully saturated rings. The summed E-state index contributed by atoms with van der Waals surface area (Å²) in [5, 5.41) is 14.7. The minimum absolute atomic E-state index is 0.168. The molecule has 4 rings (SSSR count). The van der Waals surface area contributed by atoms with Gasteiger partial charge in [0.25, 0.3) is 5.92 Å². The van der Waals surface area contributed by atoms with Gasteiger partial charge in [0.2, 0.25) is 0 Å². The SMILES string of the molecule is O[C@@H]1CNCC(F)(F)[C@H]1n1c2ccccc2c2ccccc21. The quantitative estimate of drug-likeness (QED) is 0.725. The fraction of sp³-hybridized carbons (Fsp3) is 0.294. The number of alkyl halides is 2. The molecule has 2 aromatic carbocycles. The standard InChI is InChI=1S/C17H16F2N2O/c18-17(19)10-20-9-15(22)16(17)21-13-7-3-1-5-11(13)12-6-2-4-8-14(12)21/h1-8,15-16,20,22H,9-10H2/t15-,16+/m1/s1. The molecule has 0 radical (unpaired) electrons. The van der Waals surface area contributed by atoms with Crippen molar-refractivity contribution < 1.29 is 13.9 Å². The Balaban J connectivity index is 2.08. The topological polar surface area (TPSA) is 37.2 Å². The zero-order valence-corrected chi connectivity index (χ0v) is 11.8. The van der Waals surface area contributed by atoms with Crippen molar-refractivity contribution in [2.24, 2.45) is 0 Å². The lowest BCUT2D eigenvalue weighted by molar-refractivity contribution is -0.110. The number of halogens is 2. The number of nitrogens with one attached hydrogen (secondary N) is 1. The van der Waals surface area contributed by atoms with Crippen LogP contribution in [0, 0.1) is 0 Å². The average molecular weight is 302 g/mol. The van der Waals surface area contributed by atoms with Gasteiger partial charge in [0.15, 0.2) is 0 Å². The number of benzene rings is 2. The van der Waals surface area contributed by atoms with Gasteiger partial charge >= 0.3 is 0 Å². The van der Waals surface area contributed by atoms with E-state index in [0.29, 0.717) is 0 Å². The van der Waals surface area contributed by atoms with Gasteiger partial charge in [0.1, 0.15) is 6.04 Å². The zero-order chi connectivity index (χ0) is 15.3. The van der Waals surface area contributed by atoms with E-state index in [-0.39, 0.29) is 6.54 Å². The lowest BCUT2D eigenvalue weighted by Crippen LogP contribution is -2.54. The summed E-state index contributed by atoms with van der Waals surface area (Å²) in [5.74, 6) is -3.01. The van der Waals surface area contributed by atoms with Gasteiger partial charge < -0.3 is 15.0 Å². The van der Waals surface area contributed by atoms with Crippen LogP contribution in [0.5, 0.6) is 0 Å². The van der Waals surface area contributed by atoms with Crippen LogP contribution in [0.15, 0.2) is 48.5 Å². The fourth-order valence-electron chi connectivity index (χ4n) is 3.50. The largest absolute Gasteiger partial charge is 0.389 e. The number of fused-ring (bicyclic) bond motifs is 3. The highest BCUT2D eigenvalue weighted by Crippen LogP contribution is 2.40. The van der Waals surface area contributed by atoms with Crippen LogP contribution in [0.1, 0.15) is 6.04 Å². The summed E-state index contributed by atoms with van der Waals surface area (Å²) in [7, 11) is 0. The number of β-amino-alcohol motifs (C(OH)–C–C–N with tert-alkyl or cyclic N) is 1. The molecule has 2 N–H and O–H groups in total. The minimum Gasteiger partial charge on any atom is -0.389 e. The second-order valence-electron chi connectivity index (χ2n) is 5.81. The number of aliphatic hydroxyl groups excluding tert-OH is 1. The molecule has 3 nitrogen and oxygen atoms in total. The number of nitrogens with zero attached hydrogens (tertiary/aromatic N) is 1. The smallest absolute Gasteiger partial charge is 0.283 e. The third-order valence-corrected chi connectivity index (χ3v) is 4.41. The van der Waals surface area contributed by atoms with Gasteiger partial charge in [-0.3, -0.25) is 0 Å². The van der Waals surface area contributed by atoms with Gasteiger partial charge in [-0.1, -0.05) is 36.4 Å². The summed E-state index contributed by atoms with van der Waals surface area (Å²) in [6.07, 6.45) is -1.14. The van der Waals surface area contributed by atoms with Crippen LogP contribution in [-0.2, 0) is 0 Å². The van der Waals surface area contributed by atoms with Gasteiger partial charge in [-0.25, -0.2) is 8.78 Å². The number of aliphatic hydroxyl groups is 1. The molecule has 0 unspecified atom stereocenters. The molecule has 0 aliphatic carbocycles. The number of hydrogen-bond donors (Lipinski definition) is 2. The van der Waals surface area contributed by atoms with Crippen molar-refractivity contribution >= 4 is 21.8 Å². The molecule has 0 bridgehead atoms. The van der Waals surface area contributed by atoms with Crippen LogP contribution in [0.25, 0.3) is 21.8 Å². The third-order valence-electron chi connectivity index (χ3n) is 4.41. The number of para-hydroxylation sites is 2. The highest BCUT2D eigenvalue weighted by atomic mass is 19.3. The molecule has 22 heavy (non-hydrogen) atoms. The van der Waals surface area contributed by atoms with E-state index in [1.807, 2.05) is 48.5 Å². The summed E-state index contributed by atoms with van der Waals surface area (Å²) in [6.45, 7) is -0.253. The predicted octanol–water partition coefficient (Wildman–Crippen LogP) is 2.94. The van der Waals surface area contributed by atoms with Crippen LogP contribution in [0.4, 0.5) is 8.78 Å². The summed E-state index contributed by atoms with van der Waals surface area (Å²) in [6, 6.07) is 13.7. The zero-order valence-electron chi connectivity index (χ0n) is 11.8.